The van der Waals surface area contributed by atoms with Gasteiger partial charge in [-0.25, -0.2) is 5.43 Å². The van der Waals surface area contributed by atoms with Gasteiger partial charge in [0.25, 0.3) is 5.91 Å². The molecule has 0 aromatic heterocycles. The summed E-state index contributed by atoms with van der Waals surface area (Å²) in [7, 11) is 0. The van der Waals surface area contributed by atoms with Gasteiger partial charge in [0, 0.05) is 4.47 Å². The molecule has 0 unspecified atom stereocenters. The van der Waals surface area contributed by atoms with Crippen LogP contribution >= 0.6 is 31.9 Å². The lowest BCUT2D eigenvalue weighted by Gasteiger charge is -2.11. The fraction of sp³-hybridized carbons (Fsp3) is 0.263. The van der Waals surface area contributed by atoms with Crippen molar-refractivity contribution in [3.8, 4) is 5.75 Å². The molecule has 2 aromatic rings. The van der Waals surface area contributed by atoms with Crippen LogP contribution in [0.2, 0.25) is 0 Å². The van der Waals surface area contributed by atoms with Crippen molar-refractivity contribution in [2.24, 2.45) is 5.10 Å². The molecule has 0 aliphatic heterocycles. The maximum Gasteiger partial charge on any atom is 0.277 e. The van der Waals surface area contributed by atoms with E-state index in [1.54, 1.807) is 0 Å². The Hall–Kier alpha value is -1.66. The third kappa shape index (κ3) is 5.97. The highest BCUT2D eigenvalue weighted by Crippen LogP contribution is 2.32. The lowest BCUT2D eigenvalue weighted by molar-refractivity contribution is -0.123. The maximum atomic E-state index is 12.1. The molecule has 0 atom stereocenters. The molecule has 0 saturated carbocycles. The van der Waals surface area contributed by atoms with E-state index in [1.807, 2.05) is 49.4 Å². The number of hydrogen-bond acceptors (Lipinski definition) is 3. The van der Waals surface area contributed by atoms with E-state index in [1.165, 1.54) is 0 Å². The fourth-order valence-corrected chi connectivity index (χ4v) is 3.86. The Bertz CT molecular complexity index is 738. The number of carbonyl (C=O) groups excluding carboxylic acids is 1. The standard InChI is InChI=1S/C19H20Br2N2O2/c1-3-7-17(14-8-5-4-6-9-14)22-23-18(24)12-25-19-13(2)10-15(20)11-16(19)21/h4-6,8-11H,3,7,12H2,1-2H3,(H,23,24)/b22-17-. The largest absolute Gasteiger partial charge is 0.482 e. The lowest BCUT2D eigenvalue weighted by Crippen LogP contribution is -2.26. The SMILES string of the molecule is CCC/C(=N/NC(=O)COc1c(C)cc(Br)cc1Br)c1ccccc1. The highest BCUT2D eigenvalue weighted by Gasteiger charge is 2.10. The molecule has 0 bridgehead atoms. The molecule has 0 spiro atoms. The van der Waals surface area contributed by atoms with Crippen LogP contribution in [-0.4, -0.2) is 18.2 Å². The second-order valence-corrected chi connectivity index (χ2v) is 7.30. The van der Waals surface area contributed by atoms with Crippen molar-refractivity contribution < 1.29 is 9.53 Å². The normalized spacial score (nSPS) is 11.3. The molecular formula is C19H20Br2N2O2. The van der Waals surface area contributed by atoms with Crippen molar-refractivity contribution in [2.75, 3.05) is 6.61 Å². The van der Waals surface area contributed by atoms with Gasteiger partial charge in [-0.2, -0.15) is 5.10 Å². The number of nitrogens with zero attached hydrogens (tertiary/aromatic N) is 1. The second-order valence-electron chi connectivity index (χ2n) is 5.53. The quantitative estimate of drug-likeness (QED) is 0.448. The van der Waals surface area contributed by atoms with E-state index in [9.17, 15) is 4.79 Å². The van der Waals surface area contributed by atoms with E-state index in [-0.39, 0.29) is 12.5 Å². The van der Waals surface area contributed by atoms with E-state index in [0.717, 1.165) is 38.6 Å². The zero-order chi connectivity index (χ0) is 18.2. The molecule has 2 rings (SSSR count). The van der Waals surface area contributed by atoms with Gasteiger partial charge in [0.2, 0.25) is 0 Å². The van der Waals surface area contributed by atoms with Crippen molar-refractivity contribution in [3.63, 3.8) is 0 Å². The Labute approximate surface area is 164 Å². The molecule has 25 heavy (non-hydrogen) atoms. The van der Waals surface area contributed by atoms with Crippen LogP contribution in [0, 0.1) is 6.92 Å². The zero-order valence-electron chi connectivity index (χ0n) is 14.2. The summed E-state index contributed by atoms with van der Waals surface area (Å²) in [6.45, 7) is 3.91. The molecule has 1 N–H and O–H groups in total. The molecule has 4 nitrogen and oxygen atoms in total. The summed E-state index contributed by atoms with van der Waals surface area (Å²) in [5.41, 5.74) is 5.39. The van der Waals surface area contributed by atoms with Crippen molar-refractivity contribution in [1.29, 1.82) is 0 Å². The van der Waals surface area contributed by atoms with Gasteiger partial charge in [-0.1, -0.05) is 59.6 Å². The summed E-state index contributed by atoms with van der Waals surface area (Å²) in [5, 5.41) is 4.27. The Morgan fingerprint density at radius 1 is 1.20 bits per heavy atom. The third-order valence-corrected chi connectivity index (χ3v) is 4.50. The number of amides is 1. The molecule has 2 aromatic carbocycles. The van der Waals surface area contributed by atoms with Gasteiger partial charge in [0.15, 0.2) is 6.61 Å². The summed E-state index contributed by atoms with van der Waals surface area (Å²) in [5.74, 6) is 0.359. The van der Waals surface area contributed by atoms with E-state index < -0.39 is 0 Å². The highest BCUT2D eigenvalue weighted by atomic mass is 79.9. The molecule has 1 amide bonds. The highest BCUT2D eigenvalue weighted by molar-refractivity contribution is 9.11. The molecule has 6 heteroatoms. The fourth-order valence-electron chi connectivity index (χ4n) is 2.30. The van der Waals surface area contributed by atoms with E-state index in [2.05, 4.69) is 49.3 Å². The molecule has 0 fully saturated rings. The molecule has 0 aliphatic carbocycles. The van der Waals surface area contributed by atoms with E-state index >= 15 is 0 Å². The van der Waals surface area contributed by atoms with Crippen molar-refractivity contribution in [1.82, 2.24) is 5.43 Å². The number of hydrazone groups is 1. The lowest BCUT2D eigenvalue weighted by atomic mass is 10.1. The Kier molecular flexibility index (Phi) is 7.65. The monoisotopic (exact) mass is 466 g/mol. The first kappa shape index (κ1) is 19.7. The van der Waals surface area contributed by atoms with E-state index in [4.69, 9.17) is 4.74 Å². The number of nitrogens with one attached hydrogen (secondary N) is 1. The Morgan fingerprint density at radius 3 is 2.56 bits per heavy atom. The van der Waals surface area contributed by atoms with Crippen LogP contribution in [0.1, 0.15) is 30.9 Å². The number of aryl methyl sites for hydroxylation is 1. The minimum absolute atomic E-state index is 0.0984. The van der Waals surface area contributed by atoms with Gasteiger partial charge >= 0.3 is 0 Å². The van der Waals surface area contributed by atoms with Crippen LogP contribution in [-0.2, 0) is 4.79 Å². The van der Waals surface area contributed by atoms with E-state index in [0.29, 0.717) is 5.75 Å². The Balaban J connectivity index is 1.99. The first-order chi connectivity index (χ1) is 12.0. The van der Waals surface area contributed by atoms with Crippen LogP contribution in [0.3, 0.4) is 0 Å². The number of halogens is 2. The minimum atomic E-state index is -0.293. The first-order valence-electron chi connectivity index (χ1n) is 8.00. The summed E-state index contributed by atoms with van der Waals surface area (Å²) < 4.78 is 7.38. The number of carbonyl (C=O) groups is 1. The zero-order valence-corrected chi connectivity index (χ0v) is 17.4. The molecule has 132 valence electrons. The van der Waals surface area contributed by atoms with Crippen molar-refractivity contribution in [3.05, 3.63) is 62.5 Å². The van der Waals surface area contributed by atoms with Gasteiger partial charge in [-0.3, -0.25) is 4.79 Å². The number of benzene rings is 2. The summed E-state index contributed by atoms with van der Waals surface area (Å²) in [6.07, 6.45) is 1.74. The second kappa shape index (κ2) is 9.73. The average Bonchev–Trinajstić information content (AvgIpc) is 2.58. The van der Waals surface area contributed by atoms with Crippen molar-refractivity contribution in [2.45, 2.75) is 26.7 Å². The smallest absolute Gasteiger partial charge is 0.277 e. The van der Waals surface area contributed by atoms with Crippen LogP contribution in [0.15, 0.2) is 56.5 Å². The first-order valence-corrected chi connectivity index (χ1v) is 9.59. The number of rotatable bonds is 7. The summed E-state index contributed by atoms with van der Waals surface area (Å²) in [6, 6.07) is 13.7. The van der Waals surface area contributed by atoms with Crippen molar-refractivity contribution >= 4 is 43.5 Å². The predicted octanol–water partition coefficient (Wildman–Crippen LogP) is 5.22. The number of ether oxygens (including phenoxy) is 1. The Morgan fingerprint density at radius 2 is 1.92 bits per heavy atom. The number of hydrogen-bond donors (Lipinski definition) is 1. The van der Waals surface area contributed by atoms with Gasteiger partial charge in [-0.05, 0) is 52.5 Å². The molecule has 0 saturated heterocycles. The van der Waals surface area contributed by atoms with Gasteiger partial charge < -0.3 is 4.74 Å². The van der Waals surface area contributed by atoms with Gasteiger partial charge in [0.1, 0.15) is 5.75 Å². The molecule has 0 aliphatic rings. The van der Waals surface area contributed by atoms with Crippen LogP contribution in [0.5, 0.6) is 5.75 Å². The topological polar surface area (TPSA) is 50.7 Å². The molecular weight excluding hydrogens is 448 g/mol. The van der Waals surface area contributed by atoms with Crippen LogP contribution in [0.4, 0.5) is 0 Å². The molecule has 0 heterocycles. The van der Waals surface area contributed by atoms with Crippen LogP contribution in [0.25, 0.3) is 0 Å². The summed E-state index contributed by atoms with van der Waals surface area (Å²) >= 11 is 6.87. The molecule has 0 radical (unpaired) electrons. The third-order valence-electron chi connectivity index (χ3n) is 3.45. The predicted molar refractivity (Wildman–Crippen MR) is 108 cm³/mol. The minimum Gasteiger partial charge on any atom is -0.482 e. The average molecular weight is 468 g/mol. The van der Waals surface area contributed by atoms with Crippen LogP contribution < -0.4 is 10.2 Å². The maximum absolute atomic E-state index is 12.1. The van der Waals surface area contributed by atoms with Gasteiger partial charge in [-0.15, -0.1) is 0 Å². The summed E-state index contributed by atoms with van der Waals surface area (Å²) in [4.78, 5) is 12.1. The van der Waals surface area contributed by atoms with Gasteiger partial charge in [0.05, 0.1) is 10.2 Å².